The number of ether oxygens (including phenoxy) is 1. The summed E-state index contributed by atoms with van der Waals surface area (Å²) in [7, 11) is 1.65. The molecular formula is C16H30N2O3. The zero-order valence-corrected chi connectivity index (χ0v) is 14.1. The van der Waals surface area contributed by atoms with E-state index in [0.29, 0.717) is 26.0 Å². The second-order valence-corrected chi connectivity index (χ2v) is 5.91. The van der Waals surface area contributed by atoms with Gasteiger partial charge in [-0.25, -0.2) is 0 Å². The van der Waals surface area contributed by atoms with Gasteiger partial charge in [-0.15, -0.1) is 0 Å². The van der Waals surface area contributed by atoms with Crippen molar-refractivity contribution in [3.8, 4) is 0 Å². The molecule has 0 saturated carbocycles. The normalized spacial score (nSPS) is 23.1. The second-order valence-electron chi connectivity index (χ2n) is 5.91. The zero-order chi connectivity index (χ0) is 16.0. The van der Waals surface area contributed by atoms with E-state index in [-0.39, 0.29) is 17.7 Å². The molecule has 1 saturated heterocycles. The number of hydrogen-bond acceptors (Lipinski definition) is 3. The van der Waals surface area contributed by atoms with E-state index in [0.717, 1.165) is 12.8 Å². The fraction of sp³-hybridized carbons (Fsp3) is 0.875. The predicted octanol–water partition coefficient (Wildman–Crippen LogP) is 1.95. The Balaban J connectivity index is 3.05. The minimum atomic E-state index is -0.700. The number of nitrogens with zero attached hydrogens (tertiary/aromatic N) is 1. The molecule has 1 N–H and O–H groups in total. The van der Waals surface area contributed by atoms with Gasteiger partial charge in [-0.3, -0.25) is 9.59 Å². The summed E-state index contributed by atoms with van der Waals surface area (Å²) < 4.78 is 5.09. The lowest BCUT2D eigenvalue weighted by Crippen LogP contribution is -2.71. The third-order valence-corrected chi connectivity index (χ3v) is 4.87. The van der Waals surface area contributed by atoms with Crippen LogP contribution in [0.15, 0.2) is 0 Å². The number of piperazine rings is 1. The third kappa shape index (κ3) is 3.39. The van der Waals surface area contributed by atoms with Crippen molar-refractivity contribution in [3.63, 3.8) is 0 Å². The van der Waals surface area contributed by atoms with E-state index >= 15 is 0 Å². The summed E-state index contributed by atoms with van der Waals surface area (Å²) in [4.78, 5) is 27.3. The van der Waals surface area contributed by atoms with Crippen LogP contribution in [0.25, 0.3) is 0 Å². The summed E-state index contributed by atoms with van der Waals surface area (Å²) in [5.41, 5.74) is -0.700. The monoisotopic (exact) mass is 298 g/mol. The van der Waals surface area contributed by atoms with Crippen LogP contribution in [0.5, 0.6) is 0 Å². The van der Waals surface area contributed by atoms with Gasteiger partial charge in [-0.2, -0.15) is 0 Å². The van der Waals surface area contributed by atoms with Crippen LogP contribution in [0.3, 0.4) is 0 Å². The fourth-order valence-electron chi connectivity index (χ4n) is 3.10. The highest BCUT2D eigenvalue weighted by Crippen LogP contribution is 2.31. The molecule has 5 nitrogen and oxygen atoms in total. The molecular weight excluding hydrogens is 268 g/mol. The Bertz CT molecular complexity index is 367. The van der Waals surface area contributed by atoms with Crippen LogP contribution >= 0.6 is 0 Å². The topological polar surface area (TPSA) is 58.6 Å². The number of carbonyl (C=O) groups excluding carboxylic acids is 2. The highest BCUT2D eigenvalue weighted by molar-refractivity contribution is 5.99. The van der Waals surface area contributed by atoms with Crippen molar-refractivity contribution in [1.29, 1.82) is 0 Å². The molecule has 2 amide bonds. The van der Waals surface area contributed by atoms with E-state index in [9.17, 15) is 9.59 Å². The van der Waals surface area contributed by atoms with E-state index in [1.807, 2.05) is 32.6 Å². The maximum atomic E-state index is 12.9. The first-order valence-electron chi connectivity index (χ1n) is 8.09. The Morgan fingerprint density at radius 2 is 1.90 bits per heavy atom. The molecule has 0 aliphatic carbocycles. The Kier molecular flexibility index (Phi) is 6.65. The van der Waals surface area contributed by atoms with Gasteiger partial charge in [-0.1, -0.05) is 34.1 Å². The van der Waals surface area contributed by atoms with E-state index in [4.69, 9.17) is 4.74 Å². The van der Waals surface area contributed by atoms with Gasteiger partial charge in [-0.05, 0) is 25.2 Å². The third-order valence-electron chi connectivity index (χ3n) is 4.87. The molecule has 2 atom stereocenters. The summed E-state index contributed by atoms with van der Waals surface area (Å²) >= 11 is 0. The largest absolute Gasteiger partial charge is 0.385 e. The first-order chi connectivity index (χ1) is 9.98. The van der Waals surface area contributed by atoms with E-state index in [1.165, 1.54) is 0 Å². The fourth-order valence-corrected chi connectivity index (χ4v) is 3.10. The van der Waals surface area contributed by atoms with Crippen molar-refractivity contribution < 1.29 is 14.3 Å². The number of methoxy groups -OCH3 is 1. The van der Waals surface area contributed by atoms with Gasteiger partial charge in [0.05, 0.1) is 0 Å². The lowest BCUT2D eigenvalue weighted by atomic mass is 9.83. The van der Waals surface area contributed by atoms with Crippen LogP contribution in [-0.2, 0) is 14.3 Å². The summed E-state index contributed by atoms with van der Waals surface area (Å²) in [6.07, 6.45) is 2.90. The summed E-state index contributed by atoms with van der Waals surface area (Å²) in [6.45, 7) is 9.19. The lowest BCUT2D eigenvalue weighted by Gasteiger charge is -2.48. The molecule has 0 radical (unpaired) electrons. The van der Waals surface area contributed by atoms with Crippen molar-refractivity contribution >= 4 is 11.8 Å². The SMILES string of the molecule is CCC(C)C1NC(=O)C(CC)(CC)N(CCCOC)C1=O. The van der Waals surface area contributed by atoms with E-state index in [1.54, 1.807) is 7.11 Å². The molecule has 1 aliphatic heterocycles. The van der Waals surface area contributed by atoms with Gasteiger partial charge in [0, 0.05) is 20.3 Å². The highest BCUT2D eigenvalue weighted by Gasteiger charge is 2.50. The van der Waals surface area contributed by atoms with Crippen LogP contribution in [0.4, 0.5) is 0 Å². The number of rotatable bonds is 8. The van der Waals surface area contributed by atoms with Gasteiger partial charge < -0.3 is 15.0 Å². The highest BCUT2D eigenvalue weighted by atomic mass is 16.5. The summed E-state index contributed by atoms with van der Waals surface area (Å²) in [5, 5.41) is 2.97. The van der Waals surface area contributed by atoms with Crippen LogP contribution in [0.1, 0.15) is 53.4 Å². The van der Waals surface area contributed by atoms with E-state index < -0.39 is 11.6 Å². The average Bonchev–Trinajstić information content (AvgIpc) is 2.50. The number of amides is 2. The van der Waals surface area contributed by atoms with Crippen molar-refractivity contribution in [3.05, 3.63) is 0 Å². The average molecular weight is 298 g/mol. The van der Waals surface area contributed by atoms with Crippen LogP contribution in [-0.4, -0.2) is 48.6 Å². The molecule has 0 aromatic carbocycles. The smallest absolute Gasteiger partial charge is 0.246 e. The van der Waals surface area contributed by atoms with Crippen molar-refractivity contribution in [2.75, 3.05) is 20.3 Å². The van der Waals surface area contributed by atoms with Crippen molar-refractivity contribution in [2.24, 2.45) is 5.92 Å². The number of carbonyl (C=O) groups is 2. The summed E-state index contributed by atoms with van der Waals surface area (Å²) in [5.74, 6) is 0.205. The van der Waals surface area contributed by atoms with Crippen LogP contribution < -0.4 is 5.32 Å². The molecule has 1 heterocycles. The molecule has 122 valence electrons. The Morgan fingerprint density at radius 3 is 2.38 bits per heavy atom. The molecule has 0 spiro atoms. The molecule has 1 aliphatic rings. The molecule has 21 heavy (non-hydrogen) atoms. The second kappa shape index (κ2) is 7.78. The summed E-state index contributed by atoms with van der Waals surface area (Å²) in [6, 6.07) is -0.392. The standard InChI is InChI=1S/C16H30N2O3/c1-6-12(4)13-14(19)18(10-9-11-21-5)16(7-2,8-3)15(20)17-13/h12-13H,6-11H2,1-5H3,(H,17,20). The lowest BCUT2D eigenvalue weighted by molar-refractivity contribution is -0.160. The molecule has 2 unspecified atom stereocenters. The van der Waals surface area contributed by atoms with Gasteiger partial charge in [0.2, 0.25) is 11.8 Å². The predicted molar refractivity (Wildman–Crippen MR) is 82.9 cm³/mol. The minimum absolute atomic E-state index is 0.00480. The van der Waals surface area contributed by atoms with Gasteiger partial charge in [0.1, 0.15) is 11.6 Å². The molecule has 0 bridgehead atoms. The Labute approximate surface area is 128 Å². The molecule has 5 heteroatoms. The molecule has 0 aromatic rings. The van der Waals surface area contributed by atoms with Crippen LogP contribution in [0, 0.1) is 5.92 Å². The first kappa shape index (κ1) is 18.0. The number of nitrogens with one attached hydrogen (secondary N) is 1. The molecule has 1 rings (SSSR count). The van der Waals surface area contributed by atoms with E-state index in [2.05, 4.69) is 5.32 Å². The van der Waals surface area contributed by atoms with Gasteiger partial charge in [0.25, 0.3) is 0 Å². The Hall–Kier alpha value is -1.10. The maximum absolute atomic E-state index is 12.9. The van der Waals surface area contributed by atoms with Crippen molar-refractivity contribution in [2.45, 2.75) is 65.0 Å². The first-order valence-corrected chi connectivity index (χ1v) is 8.09. The minimum Gasteiger partial charge on any atom is -0.385 e. The quantitative estimate of drug-likeness (QED) is 0.697. The Morgan fingerprint density at radius 1 is 1.29 bits per heavy atom. The van der Waals surface area contributed by atoms with Crippen LogP contribution in [0.2, 0.25) is 0 Å². The molecule has 0 aromatic heterocycles. The zero-order valence-electron chi connectivity index (χ0n) is 14.1. The van der Waals surface area contributed by atoms with Gasteiger partial charge >= 0.3 is 0 Å². The number of hydrogen-bond donors (Lipinski definition) is 1. The maximum Gasteiger partial charge on any atom is 0.246 e. The van der Waals surface area contributed by atoms with Gasteiger partial charge in [0.15, 0.2) is 0 Å². The molecule has 1 fully saturated rings. The van der Waals surface area contributed by atoms with Crippen molar-refractivity contribution in [1.82, 2.24) is 10.2 Å².